The van der Waals surface area contributed by atoms with Gasteiger partial charge in [-0.1, -0.05) is 17.9 Å². The van der Waals surface area contributed by atoms with Gasteiger partial charge in [-0.05, 0) is 79.1 Å². The molecule has 0 spiro atoms. The van der Waals surface area contributed by atoms with E-state index >= 15 is 0 Å². The van der Waals surface area contributed by atoms with E-state index in [-0.39, 0.29) is 26.8 Å². The number of aromatic nitrogens is 2. The first kappa shape index (κ1) is 25.7. The second-order valence-electron chi connectivity index (χ2n) is 8.22. The van der Waals surface area contributed by atoms with Gasteiger partial charge in [0.2, 0.25) is 9.84 Å². The molecule has 0 aliphatic carbocycles. The lowest BCUT2D eigenvalue weighted by Gasteiger charge is -2.11. The quantitative estimate of drug-likeness (QED) is 0.241. The van der Waals surface area contributed by atoms with E-state index < -0.39 is 15.7 Å². The fourth-order valence-electron chi connectivity index (χ4n) is 3.63. The average molecular weight is 517 g/mol. The van der Waals surface area contributed by atoms with Crippen molar-refractivity contribution in [3.63, 3.8) is 0 Å². The fraction of sp³-hybridized carbons (Fsp3) is 0.143. The van der Waals surface area contributed by atoms with Crippen molar-refractivity contribution in [1.82, 2.24) is 15.5 Å². The third kappa shape index (κ3) is 6.42. The highest BCUT2D eigenvalue weighted by molar-refractivity contribution is 7.91. The summed E-state index contributed by atoms with van der Waals surface area (Å²) in [6.45, 7) is 0.442. The number of anilines is 1. The van der Waals surface area contributed by atoms with Gasteiger partial charge in [-0.3, -0.25) is 9.89 Å². The number of carbonyl (C=O) groups excluding carboxylic acids is 1. The highest BCUT2D eigenvalue weighted by Crippen LogP contribution is 2.27. The van der Waals surface area contributed by atoms with E-state index in [1.807, 2.05) is 0 Å². The number of aromatic amines is 1. The minimum absolute atomic E-state index is 0.0214. The summed E-state index contributed by atoms with van der Waals surface area (Å²) >= 11 is 0. The first-order chi connectivity index (χ1) is 17.9. The molecule has 1 aromatic heterocycles. The van der Waals surface area contributed by atoms with Crippen LogP contribution >= 0.6 is 0 Å². The van der Waals surface area contributed by atoms with Gasteiger partial charge in [0.05, 0.1) is 16.0 Å². The molecule has 0 saturated heterocycles. The largest absolute Gasteiger partial charge is 0.388 e. The van der Waals surface area contributed by atoms with Gasteiger partial charge >= 0.3 is 0 Å². The first-order valence-electron chi connectivity index (χ1n) is 11.6. The van der Waals surface area contributed by atoms with Crippen molar-refractivity contribution in [3.8, 4) is 11.8 Å². The Balaban J connectivity index is 1.64. The van der Waals surface area contributed by atoms with Crippen LogP contribution in [0.4, 0.5) is 10.1 Å². The number of hydrogen-bond donors (Lipinski definition) is 3. The third-order valence-electron chi connectivity index (χ3n) is 5.63. The van der Waals surface area contributed by atoms with Crippen LogP contribution in [0.15, 0.2) is 88.9 Å². The number of rotatable bonds is 8. The molecule has 4 aromatic rings. The van der Waals surface area contributed by atoms with Crippen LogP contribution in [0.1, 0.15) is 33.5 Å². The summed E-state index contributed by atoms with van der Waals surface area (Å²) in [6, 6.07) is 16.4. The lowest BCUT2D eigenvalue weighted by atomic mass is 10.1. The molecule has 0 bridgehead atoms. The third-order valence-corrected chi connectivity index (χ3v) is 7.44. The Hall–Kier alpha value is -4.42. The van der Waals surface area contributed by atoms with Crippen molar-refractivity contribution < 1.29 is 17.6 Å². The maximum absolute atomic E-state index is 13.5. The summed E-state index contributed by atoms with van der Waals surface area (Å²) in [4.78, 5) is 12.9. The number of nitrogens with one attached hydrogen (secondary N) is 3. The van der Waals surface area contributed by atoms with Gasteiger partial charge < -0.3 is 10.6 Å². The number of benzene rings is 3. The molecule has 0 unspecified atom stereocenters. The van der Waals surface area contributed by atoms with Crippen molar-refractivity contribution in [2.75, 3.05) is 18.9 Å². The Labute approximate surface area is 215 Å². The Bertz CT molecular complexity index is 1560. The molecule has 0 radical (unpaired) electrons. The zero-order valence-corrected chi connectivity index (χ0v) is 20.9. The number of carbonyl (C=O) groups is 1. The minimum atomic E-state index is -3.94. The van der Waals surface area contributed by atoms with E-state index in [0.717, 1.165) is 18.4 Å². The highest BCUT2D eigenvalue weighted by Gasteiger charge is 2.22. The maximum atomic E-state index is 13.5. The summed E-state index contributed by atoms with van der Waals surface area (Å²) in [6.07, 6.45) is 5.02. The van der Waals surface area contributed by atoms with Crippen molar-refractivity contribution in [2.45, 2.75) is 22.6 Å². The van der Waals surface area contributed by atoms with Crippen LogP contribution in [-0.2, 0) is 16.3 Å². The summed E-state index contributed by atoms with van der Waals surface area (Å²) in [5.41, 5.74) is 2.66. The van der Waals surface area contributed by atoms with Gasteiger partial charge in [0.1, 0.15) is 5.82 Å². The molecule has 3 N–H and O–H groups in total. The predicted molar refractivity (Wildman–Crippen MR) is 140 cm³/mol. The van der Waals surface area contributed by atoms with Gasteiger partial charge in [-0.25, -0.2) is 12.8 Å². The number of H-pyrrole nitrogens is 1. The summed E-state index contributed by atoms with van der Waals surface area (Å²) < 4.78 is 40.3. The Morgan fingerprint density at radius 2 is 1.86 bits per heavy atom. The number of sulfone groups is 1. The molecular weight excluding hydrogens is 491 g/mol. The van der Waals surface area contributed by atoms with Crippen molar-refractivity contribution >= 4 is 21.4 Å². The van der Waals surface area contributed by atoms with Crippen LogP contribution in [0.2, 0.25) is 0 Å². The Morgan fingerprint density at radius 1 is 1.05 bits per heavy atom. The van der Waals surface area contributed by atoms with Crippen molar-refractivity contribution in [3.05, 3.63) is 107 Å². The lowest BCUT2D eigenvalue weighted by molar-refractivity contribution is 0.0953. The molecule has 9 heteroatoms. The summed E-state index contributed by atoms with van der Waals surface area (Å²) in [5.74, 6) is 5.02. The molecule has 1 heterocycles. The standard InChI is InChI=1S/C28H25FN4O3S/c1-30-25-5-2-6-26(17-25)37(35,36)27-14-11-23(28(34)31-15-3-4-21-18-32-33-19-21)16-22(27)10-7-20-8-12-24(29)13-9-20/h2,5-6,8-9,11-14,16-19,30H,3-4,15H2,1H3,(H,31,34)(H,32,33). The van der Waals surface area contributed by atoms with Crippen molar-refractivity contribution in [1.29, 1.82) is 0 Å². The van der Waals surface area contributed by atoms with Gasteiger partial charge in [0, 0.05) is 42.2 Å². The molecule has 0 aliphatic rings. The van der Waals surface area contributed by atoms with Crippen LogP contribution in [0.3, 0.4) is 0 Å². The molecule has 7 nitrogen and oxygen atoms in total. The van der Waals surface area contributed by atoms with E-state index in [1.165, 1.54) is 54.6 Å². The van der Waals surface area contributed by atoms with Crippen LogP contribution in [0, 0.1) is 17.7 Å². The van der Waals surface area contributed by atoms with E-state index in [9.17, 15) is 17.6 Å². The van der Waals surface area contributed by atoms with Crippen LogP contribution in [0.25, 0.3) is 0 Å². The maximum Gasteiger partial charge on any atom is 0.251 e. The molecular formula is C28H25FN4O3S. The molecule has 0 fully saturated rings. The summed E-state index contributed by atoms with van der Waals surface area (Å²) in [7, 11) is -2.24. The second kappa shape index (κ2) is 11.5. The molecule has 4 rings (SSSR count). The Morgan fingerprint density at radius 3 is 2.59 bits per heavy atom. The van der Waals surface area contributed by atoms with Crippen LogP contribution in [0.5, 0.6) is 0 Å². The minimum Gasteiger partial charge on any atom is -0.388 e. The van der Waals surface area contributed by atoms with E-state index in [4.69, 9.17) is 0 Å². The van der Waals surface area contributed by atoms with Gasteiger partial charge in [0.15, 0.2) is 0 Å². The van der Waals surface area contributed by atoms with E-state index in [1.54, 1.807) is 31.6 Å². The molecule has 1 amide bonds. The Kier molecular flexibility index (Phi) is 8.01. The molecule has 0 atom stereocenters. The molecule has 0 aliphatic heterocycles. The fourth-order valence-corrected chi connectivity index (χ4v) is 5.07. The van der Waals surface area contributed by atoms with Crippen LogP contribution < -0.4 is 10.6 Å². The average Bonchev–Trinajstić information content (AvgIpc) is 3.44. The second-order valence-corrected chi connectivity index (χ2v) is 10.1. The van der Waals surface area contributed by atoms with Gasteiger partial charge in [-0.15, -0.1) is 0 Å². The highest BCUT2D eigenvalue weighted by atomic mass is 32.2. The first-order valence-corrected chi connectivity index (χ1v) is 13.1. The zero-order valence-electron chi connectivity index (χ0n) is 20.1. The summed E-state index contributed by atoms with van der Waals surface area (Å²) in [5, 5.41) is 12.4. The van der Waals surface area contributed by atoms with Gasteiger partial charge in [-0.2, -0.15) is 5.10 Å². The predicted octanol–water partition coefficient (Wildman–Crippen LogP) is 4.19. The van der Waals surface area contributed by atoms with E-state index in [0.29, 0.717) is 17.8 Å². The zero-order chi connectivity index (χ0) is 26.3. The number of aryl methyl sites for hydroxylation is 1. The monoisotopic (exact) mass is 516 g/mol. The van der Waals surface area contributed by atoms with Crippen molar-refractivity contribution in [2.24, 2.45) is 0 Å². The molecule has 0 saturated carbocycles. The molecule has 37 heavy (non-hydrogen) atoms. The number of amides is 1. The van der Waals surface area contributed by atoms with E-state index in [2.05, 4.69) is 32.7 Å². The van der Waals surface area contributed by atoms with Crippen LogP contribution in [-0.4, -0.2) is 38.1 Å². The normalized spacial score (nSPS) is 10.9. The SMILES string of the molecule is CNc1cccc(S(=O)(=O)c2ccc(C(=O)NCCCc3cn[nH]c3)cc2C#Cc2ccc(F)cc2)c1. The lowest BCUT2D eigenvalue weighted by Crippen LogP contribution is -2.25. The number of halogens is 1. The topological polar surface area (TPSA) is 104 Å². The smallest absolute Gasteiger partial charge is 0.251 e. The number of nitrogens with zero attached hydrogens (tertiary/aromatic N) is 1. The number of hydrogen-bond acceptors (Lipinski definition) is 5. The molecule has 3 aromatic carbocycles. The molecule has 188 valence electrons. The van der Waals surface area contributed by atoms with Gasteiger partial charge in [0.25, 0.3) is 5.91 Å².